The molecule has 0 bridgehead atoms. The largest absolute Gasteiger partial charge is 0.508 e. The minimum Gasteiger partial charge on any atom is -0.508 e. The fourth-order valence-corrected chi connectivity index (χ4v) is 2.91. The van der Waals surface area contributed by atoms with E-state index in [1.807, 2.05) is 6.07 Å². The molecule has 2 N–H and O–H groups in total. The van der Waals surface area contributed by atoms with Crippen molar-refractivity contribution in [3.8, 4) is 5.75 Å². The van der Waals surface area contributed by atoms with E-state index in [1.54, 1.807) is 12.1 Å². The SMILES string of the molecule is CC(C)(C)CC(C)(C)c1c(O)cccc1CO. The molecule has 0 radical (unpaired) electrons. The van der Waals surface area contributed by atoms with Crippen LogP contribution in [0.1, 0.15) is 52.2 Å². The van der Waals surface area contributed by atoms with E-state index in [-0.39, 0.29) is 23.2 Å². The fraction of sp³-hybridized carbons (Fsp3) is 0.600. The first-order chi connectivity index (χ1) is 7.67. The minimum absolute atomic E-state index is 0.0305. The molecule has 0 aromatic heterocycles. The Labute approximate surface area is 104 Å². The summed E-state index contributed by atoms with van der Waals surface area (Å²) in [4.78, 5) is 0. The van der Waals surface area contributed by atoms with Gasteiger partial charge in [-0.15, -0.1) is 0 Å². The summed E-state index contributed by atoms with van der Waals surface area (Å²) in [6.07, 6.45) is 0.949. The Hall–Kier alpha value is -1.02. The smallest absolute Gasteiger partial charge is 0.119 e. The minimum atomic E-state index is -0.151. The van der Waals surface area contributed by atoms with E-state index < -0.39 is 0 Å². The summed E-state index contributed by atoms with van der Waals surface area (Å²) in [7, 11) is 0. The topological polar surface area (TPSA) is 40.5 Å². The first-order valence-electron chi connectivity index (χ1n) is 6.09. The Morgan fingerprint density at radius 1 is 1.06 bits per heavy atom. The summed E-state index contributed by atoms with van der Waals surface area (Å²) in [5.74, 6) is 0.283. The number of benzene rings is 1. The van der Waals surface area contributed by atoms with Crippen LogP contribution in [-0.2, 0) is 12.0 Å². The third-order valence-corrected chi connectivity index (χ3v) is 2.95. The van der Waals surface area contributed by atoms with Gasteiger partial charge in [-0.2, -0.15) is 0 Å². The molecule has 0 spiro atoms. The van der Waals surface area contributed by atoms with Crippen LogP contribution in [0.25, 0.3) is 0 Å². The summed E-state index contributed by atoms with van der Waals surface area (Å²) < 4.78 is 0. The van der Waals surface area contributed by atoms with E-state index in [0.29, 0.717) is 0 Å². The fourth-order valence-electron chi connectivity index (χ4n) is 2.91. The van der Waals surface area contributed by atoms with Gasteiger partial charge in [0.1, 0.15) is 5.75 Å². The van der Waals surface area contributed by atoms with Gasteiger partial charge in [-0.1, -0.05) is 46.8 Å². The molecule has 0 fully saturated rings. The Balaban J connectivity index is 3.22. The highest BCUT2D eigenvalue weighted by Crippen LogP contribution is 2.41. The molecule has 0 amide bonds. The summed E-state index contributed by atoms with van der Waals surface area (Å²) >= 11 is 0. The molecule has 0 aliphatic carbocycles. The van der Waals surface area contributed by atoms with Crippen LogP contribution in [0.5, 0.6) is 5.75 Å². The van der Waals surface area contributed by atoms with Gasteiger partial charge in [-0.3, -0.25) is 0 Å². The zero-order valence-electron chi connectivity index (χ0n) is 11.5. The molecule has 0 atom stereocenters. The molecule has 1 aromatic carbocycles. The van der Waals surface area contributed by atoms with Crippen LogP contribution in [0.4, 0.5) is 0 Å². The van der Waals surface area contributed by atoms with E-state index in [1.165, 1.54) is 0 Å². The lowest BCUT2D eigenvalue weighted by Crippen LogP contribution is -2.26. The summed E-state index contributed by atoms with van der Waals surface area (Å²) in [6.45, 7) is 10.8. The van der Waals surface area contributed by atoms with Crippen molar-refractivity contribution in [1.29, 1.82) is 0 Å². The van der Waals surface area contributed by atoms with Crippen molar-refractivity contribution < 1.29 is 10.2 Å². The number of phenols is 1. The van der Waals surface area contributed by atoms with Crippen molar-refractivity contribution in [1.82, 2.24) is 0 Å². The lowest BCUT2D eigenvalue weighted by Gasteiger charge is -2.34. The van der Waals surface area contributed by atoms with E-state index in [4.69, 9.17) is 0 Å². The van der Waals surface area contributed by atoms with E-state index in [0.717, 1.165) is 17.5 Å². The normalized spacial score (nSPS) is 12.8. The second-order valence-corrected chi connectivity index (χ2v) is 6.59. The molecule has 0 heterocycles. The summed E-state index contributed by atoms with van der Waals surface area (Å²) in [6, 6.07) is 5.34. The lowest BCUT2D eigenvalue weighted by atomic mass is 9.71. The number of aliphatic hydroxyl groups excluding tert-OH is 1. The Morgan fingerprint density at radius 3 is 2.12 bits per heavy atom. The van der Waals surface area contributed by atoms with Crippen molar-refractivity contribution in [3.05, 3.63) is 29.3 Å². The van der Waals surface area contributed by atoms with Crippen LogP contribution in [0.2, 0.25) is 0 Å². The quantitative estimate of drug-likeness (QED) is 0.842. The summed E-state index contributed by atoms with van der Waals surface area (Å²) in [5.41, 5.74) is 1.72. The van der Waals surface area contributed by atoms with E-state index in [2.05, 4.69) is 34.6 Å². The maximum Gasteiger partial charge on any atom is 0.119 e. The number of phenolic OH excluding ortho intramolecular Hbond substituents is 1. The van der Waals surface area contributed by atoms with Gasteiger partial charge in [0.15, 0.2) is 0 Å². The van der Waals surface area contributed by atoms with Crippen LogP contribution >= 0.6 is 0 Å². The molecule has 1 rings (SSSR count). The Kier molecular flexibility index (Phi) is 3.88. The monoisotopic (exact) mass is 236 g/mol. The van der Waals surface area contributed by atoms with Gasteiger partial charge in [-0.25, -0.2) is 0 Å². The predicted molar refractivity (Wildman–Crippen MR) is 71.1 cm³/mol. The van der Waals surface area contributed by atoms with Gasteiger partial charge >= 0.3 is 0 Å². The number of hydrogen-bond donors (Lipinski definition) is 2. The highest BCUT2D eigenvalue weighted by atomic mass is 16.3. The molecular weight excluding hydrogens is 212 g/mol. The van der Waals surface area contributed by atoms with E-state index in [9.17, 15) is 10.2 Å². The van der Waals surface area contributed by atoms with Crippen molar-refractivity contribution in [3.63, 3.8) is 0 Å². The highest BCUT2D eigenvalue weighted by molar-refractivity contribution is 5.44. The third kappa shape index (κ3) is 3.47. The Bertz CT molecular complexity index is 386. The van der Waals surface area contributed by atoms with Crippen molar-refractivity contribution >= 4 is 0 Å². The number of hydrogen-bond acceptors (Lipinski definition) is 2. The zero-order chi connectivity index (χ0) is 13.3. The van der Waals surface area contributed by atoms with Crippen molar-refractivity contribution in [2.45, 2.75) is 53.1 Å². The molecule has 96 valence electrons. The van der Waals surface area contributed by atoms with Gasteiger partial charge in [0.05, 0.1) is 6.61 Å². The molecule has 0 saturated carbocycles. The highest BCUT2D eigenvalue weighted by Gasteiger charge is 2.31. The van der Waals surface area contributed by atoms with Gasteiger partial charge in [0.25, 0.3) is 0 Å². The van der Waals surface area contributed by atoms with Gasteiger partial charge in [-0.05, 0) is 28.9 Å². The third-order valence-electron chi connectivity index (χ3n) is 2.95. The van der Waals surface area contributed by atoms with E-state index >= 15 is 0 Å². The first-order valence-corrected chi connectivity index (χ1v) is 6.09. The molecule has 0 saturated heterocycles. The van der Waals surface area contributed by atoms with Crippen molar-refractivity contribution in [2.24, 2.45) is 5.41 Å². The molecule has 0 aliphatic rings. The van der Waals surface area contributed by atoms with Crippen LogP contribution in [-0.4, -0.2) is 10.2 Å². The molecule has 1 aromatic rings. The second-order valence-electron chi connectivity index (χ2n) is 6.59. The maximum absolute atomic E-state index is 10.0. The molecule has 17 heavy (non-hydrogen) atoms. The van der Waals surface area contributed by atoms with Crippen LogP contribution < -0.4 is 0 Å². The van der Waals surface area contributed by atoms with Crippen molar-refractivity contribution in [2.75, 3.05) is 0 Å². The Morgan fingerprint density at radius 2 is 1.65 bits per heavy atom. The van der Waals surface area contributed by atoms with Gasteiger partial charge in [0, 0.05) is 5.56 Å². The van der Waals surface area contributed by atoms with Crippen LogP contribution in [0.15, 0.2) is 18.2 Å². The average Bonchev–Trinajstić information content (AvgIpc) is 2.12. The maximum atomic E-state index is 10.0. The second kappa shape index (κ2) is 4.69. The molecule has 2 heteroatoms. The number of rotatable bonds is 3. The number of aromatic hydroxyl groups is 1. The zero-order valence-corrected chi connectivity index (χ0v) is 11.5. The standard InChI is InChI=1S/C15H24O2/c1-14(2,3)10-15(4,5)13-11(9-16)7-6-8-12(13)17/h6-8,16-17H,9-10H2,1-5H3. The van der Waals surface area contributed by atoms with Crippen LogP contribution in [0, 0.1) is 5.41 Å². The molecule has 0 unspecified atom stereocenters. The number of aliphatic hydroxyl groups is 1. The average molecular weight is 236 g/mol. The molecule has 0 aliphatic heterocycles. The van der Waals surface area contributed by atoms with Gasteiger partial charge < -0.3 is 10.2 Å². The lowest BCUT2D eigenvalue weighted by molar-refractivity contribution is 0.257. The van der Waals surface area contributed by atoms with Crippen LogP contribution in [0.3, 0.4) is 0 Å². The molecular formula is C15H24O2. The first kappa shape index (κ1) is 14.0. The summed E-state index contributed by atoms with van der Waals surface area (Å²) in [5, 5.41) is 19.4. The van der Waals surface area contributed by atoms with Gasteiger partial charge in [0.2, 0.25) is 0 Å². The predicted octanol–water partition coefficient (Wildman–Crippen LogP) is 3.60. The molecule has 2 nitrogen and oxygen atoms in total.